The number of imide groups is 1. The van der Waals surface area contributed by atoms with Crippen molar-refractivity contribution in [2.75, 3.05) is 13.6 Å². The number of rotatable bonds is 6. The van der Waals surface area contributed by atoms with Crippen LogP contribution in [0.1, 0.15) is 27.2 Å². The lowest BCUT2D eigenvalue weighted by Gasteiger charge is -2.34. The molecule has 0 aromatic heterocycles. The van der Waals surface area contributed by atoms with E-state index in [9.17, 15) is 9.59 Å². The van der Waals surface area contributed by atoms with Gasteiger partial charge in [0.1, 0.15) is 0 Å². The molecule has 6 nitrogen and oxygen atoms in total. The van der Waals surface area contributed by atoms with E-state index in [1.165, 1.54) is 0 Å². The number of allylic oxidation sites excluding steroid dienone is 2. The third-order valence-electron chi connectivity index (χ3n) is 3.84. The average Bonchev–Trinajstić information content (AvgIpc) is 2.71. The van der Waals surface area contributed by atoms with E-state index < -0.39 is 17.5 Å². The summed E-state index contributed by atoms with van der Waals surface area (Å²) in [6, 6.07) is -0.543. The van der Waals surface area contributed by atoms with Crippen molar-refractivity contribution in [2.24, 2.45) is 11.7 Å². The molecule has 20 heavy (non-hydrogen) atoms. The summed E-state index contributed by atoms with van der Waals surface area (Å²) in [6.07, 6.45) is 3.13. The number of carbonyl (C=O) groups excluding carboxylic acids is 2. The third kappa shape index (κ3) is 2.85. The number of nitrogens with zero attached hydrogens (tertiary/aromatic N) is 1. The Morgan fingerprint density at radius 3 is 2.55 bits per heavy atom. The van der Waals surface area contributed by atoms with Gasteiger partial charge in [0.25, 0.3) is 5.91 Å². The Kier molecular flexibility index (Phi) is 4.94. The van der Waals surface area contributed by atoms with E-state index in [1.807, 2.05) is 14.0 Å². The van der Waals surface area contributed by atoms with Crippen LogP contribution in [0.3, 0.4) is 0 Å². The third-order valence-corrected chi connectivity index (χ3v) is 3.84. The van der Waals surface area contributed by atoms with Crippen molar-refractivity contribution in [3.05, 3.63) is 24.0 Å². The fraction of sp³-hybridized carbons (Fsp3) is 0.571. The Morgan fingerprint density at radius 2 is 2.15 bits per heavy atom. The van der Waals surface area contributed by atoms with Gasteiger partial charge in [-0.15, -0.1) is 0 Å². The van der Waals surface area contributed by atoms with Crippen molar-refractivity contribution < 1.29 is 9.59 Å². The Hall–Kier alpha value is -1.82. The van der Waals surface area contributed by atoms with Crippen molar-refractivity contribution in [3.8, 4) is 0 Å². The molecule has 0 spiro atoms. The zero-order valence-corrected chi connectivity index (χ0v) is 12.6. The highest BCUT2D eigenvalue weighted by atomic mass is 16.2. The number of nitrogens with two attached hydrogens (primary N) is 1. The molecule has 1 rings (SSSR count). The fourth-order valence-corrected chi connectivity index (χ4v) is 2.10. The minimum absolute atomic E-state index is 0.0373. The fourth-order valence-electron chi connectivity index (χ4n) is 2.10. The number of hydrogen-bond acceptors (Lipinski definition) is 4. The maximum Gasteiger partial charge on any atom is 0.322 e. The van der Waals surface area contributed by atoms with Crippen LogP contribution in [0, 0.1) is 5.92 Å². The van der Waals surface area contributed by atoms with Gasteiger partial charge < -0.3 is 16.0 Å². The van der Waals surface area contributed by atoms with Gasteiger partial charge in [-0.3, -0.25) is 10.1 Å². The lowest BCUT2D eigenvalue weighted by Crippen LogP contribution is -2.57. The quantitative estimate of drug-likeness (QED) is 0.631. The van der Waals surface area contributed by atoms with Crippen LogP contribution in [-0.4, -0.2) is 36.0 Å². The Morgan fingerprint density at radius 1 is 1.55 bits per heavy atom. The predicted octanol–water partition coefficient (Wildman–Crippen LogP) is 0.919. The van der Waals surface area contributed by atoms with Crippen molar-refractivity contribution >= 4 is 11.9 Å². The van der Waals surface area contributed by atoms with Crippen LogP contribution in [-0.2, 0) is 4.79 Å². The first-order valence-electron chi connectivity index (χ1n) is 6.73. The van der Waals surface area contributed by atoms with E-state index in [-0.39, 0.29) is 6.54 Å². The van der Waals surface area contributed by atoms with Crippen molar-refractivity contribution in [1.82, 2.24) is 15.5 Å². The molecule has 1 heterocycles. The molecule has 1 aliphatic rings. The molecule has 6 heteroatoms. The van der Waals surface area contributed by atoms with Gasteiger partial charge in [0, 0.05) is 25.0 Å². The Balaban J connectivity index is 3.01. The molecule has 1 saturated heterocycles. The van der Waals surface area contributed by atoms with E-state index in [2.05, 4.69) is 37.1 Å². The number of urea groups is 1. The lowest BCUT2D eigenvalue weighted by atomic mass is 9.94. The van der Waals surface area contributed by atoms with Crippen molar-refractivity contribution in [3.63, 3.8) is 0 Å². The van der Waals surface area contributed by atoms with Gasteiger partial charge >= 0.3 is 6.03 Å². The van der Waals surface area contributed by atoms with Crippen LogP contribution in [0.2, 0.25) is 0 Å². The summed E-state index contributed by atoms with van der Waals surface area (Å²) in [6.45, 7) is 10.1. The summed E-state index contributed by atoms with van der Waals surface area (Å²) < 4.78 is 0. The standard InChI is InChI=1S/C14H24N4O2/c1-6-9(2)7-10(3)18(5)11(4)14(8-15)12(19)16-13(20)17-14/h7,9H,4,6,8,15H2,1-3,5H3,(H2,16,17,19,20)/b10-7-. The number of nitrogens with one attached hydrogen (secondary N) is 2. The van der Waals surface area contributed by atoms with Gasteiger partial charge in [-0.1, -0.05) is 32.9 Å². The first-order chi connectivity index (χ1) is 9.28. The molecule has 0 aromatic rings. The van der Waals surface area contributed by atoms with Gasteiger partial charge in [0.2, 0.25) is 0 Å². The van der Waals surface area contributed by atoms with Crippen molar-refractivity contribution in [2.45, 2.75) is 32.7 Å². The van der Waals surface area contributed by atoms with Crippen LogP contribution in [0.5, 0.6) is 0 Å². The van der Waals surface area contributed by atoms with Crippen LogP contribution in [0.15, 0.2) is 24.0 Å². The molecule has 0 aromatic carbocycles. The summed E-state index contributed by atoms with van der Waals surface area (Å²) in [7, 11) is 1.81. The summed E-state index contributed by atoms with van der Waals surface area (Å²) in [5, 5.41) is 4.79. The molecule has 0 bridgehead atoms. The molecule has 0 saturated carbocycles. The highest BCUT2D eigenvalue weighted by Gasteiger charge is 2.48. The minimum Gasteiger partial charge on any atom is -0.350 e. The Bertz CT molecular complexity index is 458. The maximum absolute atomic E-state index is 12.0. The first kappa shape index (κ1) is 16.2. The SMILES string of the molecule is C=C(N(C)/C(C)=C\C(C)CC)C1(CN)NC(=O)NC1=O. The molecule has 2 atom stereocenters. The van der Waals surface area contributed by atoms with Gasteiger partial charge in [-0.25, -0.2) is 4.79 Å². The van der Waals surface area contributed by atoms with Crippen molar-refractivity contribution in [1.29, 1.82) is 0 Å². The average molecular weight is 280 g/mol. The minimum atomic E-state index is -1.27. The molecular formula is C14H24N4O2. The zero-order chi connectivity index (χ0) is 15.5. The number of likely N-dealkylation sites (N-methyl/N-ethyl adjacent to an activating group) is 1. The van der Waals surface area contributed by atoms with Crippen LogP contribution in [0.4, 0.5) is 4.79 Å². The summed E-state index contributed by atoms with van der Waals surface area (Å²) in [4.78, 5) is 25.2. The predicted molar refractivity (Wildman–Crippen MR) is 78.6 cm³/mol. The number of amides is 3. The lowest BCUT2D eigenvalue weighted by molar-refractivity contribution is -0.122. The molecular weight excluding hydrogens is 256 g/mol. The van der Waals surface area contributed by atoms with Gasteiger partial charge in [0.05, 0.1) is 0 Å². The van der Waals surface area contributed by atoms with E-state index in [0.29, 0.717) is 11.6 Å². The van der Waals surface area contributed by atoms with Gasteiger partial charge in [-0.05, 0) is 12.8 Å². The first-order valence-corrected chi connectivity index (χ1v) is 6.73. The van der Waals surface area contributed by atoms with E-state index >= 15 is 0 Å². The second-order valence-electron chi connectivity index (χ2n) is 5.22. The maximum atomic E-state index is 12.0. The van der Waals surface area contributed by atoms with Crippen LogP contribution in [0.25, 0.3) is 0 Å². The van der Waals surface area contributed by atoms with Gasteiger partial charge in [0.15, 0.2) is 5.54 Å². The second kappa shape index (κ2) is 6.09. The van der Waals surface area contributed by atoms with Crippen LogP contribution < -0.4 is 16.4 Å². The van der Waals surface area contributed by atoms with Gasteiger partial charge in [-0.2, -0.15) is 0 Å². The Labute approximate surface area is 120 Å². The molecule has 1 fully saturated rings. The molecule has 0 aliphatic carbocycles. The van der Waals surface area contributed by atoms with E-state index in [0.717, 1.165) is 12.1 Å². The van der Waals surface area contributed by atoms with E-state index in [1.54, 1.807) is 4.90 Å². The number of hydrogen-bond donors (Lipinski definition) is 3. The monoisotopic (exact) mass is 280 g/mol. The molecule has 4 N–H and O–H groups in total. The smallest absolute Gasteiger partial charge is 0.322 e. The molecule has 112 valence electrons. The largest absolute Gasteiger partial charge is 0.350 e. The highest BCUT2D eigenvalue weighted by Crippen LogP contribution is 2.24. The topological polar surface area (TPSA) is 87.5 Å². The van der Waals surface area contributed by atoms with Crippen LogP contribution >= 0.6 is 0 Å². The summed E-state index contributed by atoms with van der Waals surface area (Å²) >= 11 is 0. The molecule has 1 aliphatic heterocycles. The molecule has 3 amide bonds. The number of carbonyl (C=O) groups is 2. The van der Waals surface area contributed by atoms with E-state index in [4.69, 9.17) is 5.73 Å². The second-order valence-corrected chi connectivity index (χ2v) is 5.22. The molecule has 2 unspecified atom stereocenters. The zero-order valence-electron chi connectivity index (χ0n) is 12.6. The normalized spacial score (nSPS) is 24.1. The highest BCUT2D eigenvalue weighted by molar-refractivity contribution is 6.09. The summed E-state index contributed by atoms with van der Waals surface area (Å²) in [5.74, 6) is -0.0377. The summed E-state index contributed by atoms with van der Waals surface area (Å²) in [5.41, 5.74) is 5.86. The molecule has 0 radical (unpaired) electrons.